The van der Waals surface area contributed by atoms with Crippen LogP contribution in [0.15, 0.2) is 18.2 Å². The molecule has 0 saturated heterocycles. The van der Waals surface area contributed by atoms with Gasteiger partial charge < -0.3 is 19.9 Å². The van der Waals surface area contributed by atoms with Gasteiger partial charge in [0.2, 0.25) is 0 Å². The lowest BCUT2D eigenvalue weighted by Gasteiger charge is -2.14. The molecule has 1 aromatic rings. The zero-order chi connectivity index (χ0) is 13.4. The fourth-order valence-electron chi connectivity index (χ4n) is 1.41. The number of likely N-dealkylation sites (N-methyl/N-ethyl adjacent to an activating group) is 1. The zero-order valence-electron chi connectivity index (χ0n) is 10.6. The molecule has 0 heterocycles. The van der Waals surface area contributed by atoms with Gasteiger partial charge in [0.05, 0.1) is 18.7 Å². The molecule has 5 heteroatoms. The molecule has 0 aliphatic rings. The smallest absolute Gasteiger partial charge is 0.162 e. The summed E-state index contributed by atoms with van der Waals surface area (Å²) >= 11 is 0. The Balaban J connectivity index is 2.59. The second-order valence-electron chi connectivity index (χ2n) is 3.75. The van der Waals surface area contributed by atoms with Crippen LogP contribution >= 0.6 is 0 Å². The van der Waals surface area contributed by atoms with Crippen molar-refractivity contribution in [2.45, 2.75) is 13.0 Å². The minimum absolute atomic E-state index is 0.176. The van der Waals surface area contributed by atoms with E-state index in [4.69, 9.17) is 14.7 Å². The van der Waals surface area contributed by atoms with Gasteiger partial charge >= 0.3 is 0 Å². The monoisotopic (exact) mass is 250 g/mol. The Kier molecular flexibility index (Phi) is 5.98. The molecule has 0 aliphatic carbocycles. The van der Waals surface area contributed by atoms with E-state index in [-0.39, 0.29) is 6.61 Å². The van der Waals surface area contributed by atoms with Crippen molar-refractivity contribution in [1.29, 1.82) is 5.26 Å². The van der Waals surface area contributed by atoms with Gasteiger partial charge in [0.1, 0.15) is 12.7 Å². The van der Waals surface area contributed by atoms with Crippen molar-refractivity contribution in [3.05, 3.63) is 23.8 Å². The third-order valence-electron chi connectivity index (χ3n) is 2.35. The Hall–Kier alpha value is -1.77. The van der Waals surface area contributed by atoms with Crippen molar-refractivity contribution >= 4 is 0 Å². The predicted octanol–water partition coefficient (Wildman–Crippen LogP) is 0.916. The lowest BCUT2D eigenvalue weighted by Crippen LogP contribution is -2.31. The molecule has 0 spiro atoms. The molecule has 0 amide bonds. The van der Waals surface area contributed by atoms with Crippen molar-refractivity contribution in [2.24, 2.45) is 0 Å². The van der Waals surface area contributed by atoms with E-state index in [1.165, 1.54) is 7.11 Å². The summed E-state index contributed by atoms with van der Waals surface area (Å²) < 4.78 is 10.6. The number of aliphatic hydroxyl groups excluding tert-OH is 1. The second kappa shape index (κ2) is 7.54. The van der Waals surface area contributed by atoms with Gasteiger partial charge in [-0.15, -0.1) is 0 Å². The highest BCUT2D eigenvalue weighted by Gasteiger charge is 2.09. The van der Waals surface area contributed by atoms with Crippen LogP contribution in [0.25, 0.3) is 0 Å². The number of nitrogens with one attached hydrogen (secondary N) is 1. The van der Waals surface area contributed by atoms with E-state index < -0.39 is 6.10 Å². The molecule has 1 aromatic carbocycles. The first-order valence-electron chi connectivity index (χ1n) is 5.81. The largest absolute Gasteiger partial charge is 0.493 e. The highest BCUT2D eigenvalue weighted by molar-refractivity contribution is 5.46. The minimum atomic E-state index is -0.578. The highest BCUT2D eigenvalue weighted by Crippen LogP contribution is 2.27. The number of hydrogen-bond donors (Lipinski definition) is 2. The van der Waals surface area contributed by atoms with E-state index >= 15 is 0 Å². The molecule has 18 heavy (non-hydrogen) atoms. The van der Waals surface area contributed by atoms with Gasteiger partial charge in [0.25, 0.3) is 0 Å². The predicted molar refractivity (Wildman–Crippen MR) is 67.8 cm³/mol. The summed E-state index contributed by atoms with van der Waals surface area (Å²) in [5.74, 6) is 1.01. The lowest BCUT2D eigenvalue weighted by molar-refractivity contribution is 0.105. The van der Waals surface area contributed by atoms with Crippen LogP contribution in [0.4, 0.5) is 0 Å². The molecule has 98 valence electrons. The van der Waals surface area contributed by atoms with Crippen LogP contribution in [0.2, 0.25) is 0 Å². The lowest BCUT2D eigenvalue weighted by atomic mass is 10.2. The summed E-state index contributed by atoms with van der Waals surface area (Å²) in [4.78, 5) is 0. The van der Waals surface area contributed by atoms with Gasteiger partial charge in [-0.1, -0.05) is 6.92 Å². The zero-order valence-corrected chi connectivity index (χ0v) is 10.6. The molecule has 1 atom stereocenters. The number of ether oxygens (including phenoxy) is 2. The van der Waals surface area contributed by atoms with Crippen molar-refractivity contribution in [3.63, 3.8) is 0 Å². The summed E-state index contributed by atoms with van der Waals surface area (Å²) in [6.07, 6.45) is -0.578. The first-order valence-corrected chi connectivity index (χ1v) is 5.81. The first kappa shape index (κ1) is 14.3. The van der Waals surface area contributed by atoms with Crippen LogP contribution in [0.1, 0.15) is 12.5 Å². The average molecular weight is 250 g/mol. The number of methoxy groups -OCH3 is 1. The molecular formula is C13H18N2O3. The van der Waals surface area contributed by atoms with Gasteiger partial charge in [-0.2, -0.15) is 5.26 Å². The van der Waals surface area contributed by atoms with Crippen LogP contribution in [0.3, 0.4) is 0 Å². The van der Waals surface area contributed by atoms with Gasteiger partial charge in [0, 0.05) is 12.6 Å². The first-order chi connectivity index (χ1) is 8.71. The van der Waals surface area contributed by atoms with Crippen molar-refractivity contribution in [3.8, 4) is 17.6 Å². The Bertz CT molecular complexity index is 415. The molecule has 1 unspecified atom stereocenters. The Morgan fingerprint density at radius 3 is 2.83 bits per heavy atom. The summed E-state index contributed by atoms with van der Waals surface area (Å²) in [5.41, 5.74) is 0.507. The van der Waals surface area contributed by atoms with Gasteiger partial charge in [-0.05, 0) is 18.7 Å². The third-order valence-corrected chi connectivity index (χ3v) is 2.35. The average Bonchev–Trinajstić information content (AvgIpc) is 2.42. The second-order valence-corrected chi connectivity index (χ2v) is 3.75. The fourth-order valence-corrected chi connectivity index (χ4v) is 1.41. The summed E-state index contributed by atoms with van der Waals surface area (Å²) in [6, 6.07) is 6.94. The van der Waals surface area contributed by atoms with Crippen LogP contribution in [0.5, 0.6) is 11.5 Å². The number of aliphatic hydroxyl groups is 1. The van der Waals surface area contributed by atoms with Crippen LogP contribution in [-0.4, -0.2) is 38.0 Å². The molecule has 0 aromatic heterocycles. The van der Waals surface area contributed by atoms with Gasteiger partial charge in [-0.3, -0.25) is 0 Å². The van der Waals surface area contributed by atoms with E-state index in [1.54, 1.807) is 18.2 Å². The Morgan fingerprint density at radius 1 is 1.44 bits per heavy atom. The van der Waals surface area contributed by atoms with E-state index in [1.807, 2.05) is 13.0 Å². The van der Waals surface area contributed by atoms with Gasteiger partial charge in [-0.25, -0.2) is 0 Å². The van der Waals surface area contributed by atoms with Crippen LogP contribution < -0.4 is 14.8 Å². The number of nitriles is 1. The van der Waals surface area contributed by atoms with Crippen LogP contribution in [-0.2, 0) is 0 Å². The van der Waals surface area contributed by atoms with E-state index in [9.17, 15) is 5.11 Å². The summed E-state index contributed by atoms with van der Waals surface area (Å²) in [6.45, 7) is 3.43. The molecule has 0 fully saturated rings. The maximum atomic E-state index is 9.63. The molecule has 5 nitrogen and oxygen atoms in total. The maximum absolute atomic E-state index is 9.63. The molecule has 0 saturated carbocycles. The topological polar surface area (TPSA) is 74.5 Å². The standard InChI is InChI=1S/C13H18N2O3/c1-3-15-8-11(16)9-18-12-5-4-10(7-14)6-13(12)17-2/h4-6,11,15-16H,3,8-9H2,1-2H3. The van der Waals surface area contributed by atoms with E-state index in [2.05, 4.69) is 5.32 Å². The molecule has 0 aliphatic heterocycles. The summed E-state index contributed by atoms with van der Waals surface area (Å²) in [7, 11) is 1.51. The number of hydrogen-bond acceptors (Lipinski definition) is 5. The van der Waals surface area contributed by atoms with E-state index in [0.29, 0.717) is 23.6 Å². The molecule has 0 bridgehead atoms. The van der Waals surface area contributed by atoms with Crippen LogP contribution in [0, 0.1) is 11.3 Å². The summed E-state index contributed by atoms with van der Waals surface area (Å²) in [5, 5.41) is 21.4. The van der Waals surface area contributed by atoms with Crippen molar-refractivity contribution < 1.29 is 14.6 Å². The Morgan fingerprint density at radius 2 is 2.22 bits per heavy atom. The quantitative estimate of drug-likeness (QED) is 0.752. The molecule has 1 rings (SSSR count). The van der Waals surface area contributed by atoms with E-state index in [0.717, 1.165) is 6.54 Å². The molecular weight excluding hydrogens is 232 g/mol. The van der Waals surface area contributed by atoms with Crippen molar-refractivity contribution in [1.82, 2.24) is 5.32 Å². The maximum Gasteiger partial charge on any atom is 0.162 e. The number of nitrogens with zero attached hydrogens (tertiary/aromatic N) is 1. The highest BCUT2D eigenvalue weighted by atomic mass is 16.5. The fraction of sp³-hybridized carbons (Fsp3) is 0.462. The SMILES string of the molecule is CCNCC(O)COc1ccc(C#N)cc1OC. The number of benzene rings is 1. The molecule has 2 N–H and O–H groups in total. The van der Waals surface area contributed by atoms with Crippen molar-refractivity contribution in [2.75, 3.05) is 26.8 Å². The normalized spacial score (nSPS) is 11.7. The van der Waals surface area contributed by atoms with Gasteiger partial charge in [0.15, 0.2) is 11.5 Å². The Labute approximate surface area is 107 Å². The number of rotatable bonds is 7. The molecule has 0 radical (unpaired) electrons. The third kappa shape index (κ3) is 4.24. The minimum Gasteiger partial charge on any atom is -0.493 e.